The van der Waals surface area contributed by atoms with Gasteiger partial charge in [0.15, 0.2) is 5.82 Å². The summed E-state index contributed by atoms with van der Waals surface area (Å²) in [6, 6.07) is 10.6. The van der Waals surface area contributed by atoms with Crippen molar-refractivity contribution in [3.05, 3.63) is 71.3 Å². The van der Waals surface area contributed by atoms with Crippen LogP contribution in [0.5, 0.6) is 0 Å². The number of hydrogen-bond donors (Lipinski definition) is 2. The van der Waals surface area contributed by atoms with E-state index in [0.29, 0.717) is 12.2 Å². The molecule has 2 heterocycles. The van der Waals surface area contributed by atoms with E-state index in [0.717, 1.165) is 34.1 Å². The average molecular weight is 365 g/mol. The largest absolute Gasteiger partial charge is 0.478 e. The first-order chi connectivity index (χ1) is 12.6. The highest BCUT2D eigenvalue weighted by molar-refractivity contribution is 7.13. The zero-order valence-corrected chi connectivity index (χ0v) is 15.2. The molecule has 3 rings (SSSR count). The molecule has 0 amide bonds. The zero-order valence-electron chi connectivity index (χ0n) is 14.4. The molecular weight excluding hydrogens is 346 g/mol. The van der Waals surface area contributed by atoms with E-state index in [-0.39, 0.29) is 5.56 Å². The number of carboxylic acids is 1. The molecule has 0 radical (unpaired) electrons. The van der Waals surface area contributed by atoms with Gasteiger partial charge < -0.3 is 10.4 Å². The van der Waals surface area contributed by atoms with Crippen LogP contribution in [0.15, 0.2) is 54.4 Å². The van der Waals surface area contributed by atoms with Crippen molar-refractivity contribution in [3.63, 3.8) is 0 Å². The number of carbonyl (C=O) groups is 1. The Balaban J connectivity index is 2.03. The summed E-state index contributed by atoms with van der Waals surface area (Å²) in [4.78, 5) is 21.5. The number of aromatic carboxylic acids is 1. The Morgan fingerprint density at radius 1 is 1.27 bits per heavy atom. The normalized spacial score (nSPS) is 10.5. The average Bonchev–Trinajstić information content (AvgIpc) is 3.18. The van der Waals surface area contributed by atoms with E-state index in [1.807, 2.05) is 23.6 Å². The minimum absolute atomic E-state index is 0.248. The maximum atomic E-state index is 11.0. The standard InChI is InChI=1S/C20H19N3O2S/c1-3-6-15-16(4-2)22-19(17-7-5-12-26-17)23-18(15)21-14-10-8-13(9-11-14)20(24)25/h3,5,7-12H,1,4,6H2,2H3,(H,24,25)(H,21,22,23). The number of nitrogens with one attached hydrogen (secondary N) is 1. The highest BCUT2D eigenvalue weighted by atomic mass is 32.1. The smallest absolute Gasteiger partial charge is 0.335 e. The van der Waals surface area contributed by atoms with Crippen molar-refractivity contribution < 1.29 is 9.90 Å². The first-order valence-corrected chi connectivity index (χ1v) is 9.15. The van der Waals surface area contributed by atoms with Crippen LogP contribution in [-0.4, -0.2) is 21.0 Å². The summed E-state index contributed by atoms with van der Waals surface area (Å²) >= 11 is 1.60. The molecule has 26 heavy (non-hydrogen) atoms. The second-order valence-electron chi connectivity index (χ2n) is 5.65. The van der Waals surface area contributed by atoms with Gasteiger partial charge in [-0.25, -0.2) is 14.8 Å². The van der Waals surface area contributed by atoms with Gasteiger partial charge in [-0.15, -0.1) is 17.9 Å². The van der Waals surface area contributed by atoms with Crippen LogP contribution < -0.4 is 5.32 Å². The summed E-state index contributed by atoms with van der Waals surface area (Å²) in [5, 5.41) is 14.4. The molecule has 2 N–H and O–H groups in total. The van der Waals surface area contributed by atoms with Crippen molar-refractivity contribution in [1.82, 2.24) is 9.97 Å². The minimum Gasteiger partial charge on any atom is -0.478 e. The fourth-order valence-corrected chi connectivity index (χ4v) is 3.29. The fraction of sp³-hybridized carbons (Fsp3) is 0.150. The maximum Gasteiger partial charge on any atom is 0.335 e. The van der Waals surface area contributed by atoms with E-state index in [1.165, 1.54) is 0 Å². The van der Waals surface area contributed by atoms with Gasteiger partial charge in [-0.1, -0.05) is 19.1 Å². The molecule has 6 heteroatoms. The summed E-state index contributed by atoms with van der Waals surface area (Å²) in [5.74, 6) is 0.469. The molecule has 0 atom stereocenters. The molecule has 3 aromatic rings. The molecule has 0 saturated carbocycles. The molecule has 0 aliphatic rings. The van der Waals surface area contributed by atoms with Crippen molar-refractivity contribution in [3.8, 4) is 10.7 Å². The van der Waals surface area contributed by atoms with Gasteiger partial charge in [0.2, 0.25) is 0 Å². The molecule has 132 valence electrons. The number of aryl methyl sites for hydroxylation is 1. The van der Waals surface area contributed by atoms with Crippen LogP contribution in [0.2, 0.25) is 0 Å². The SMILES string of the molecule is C=CCc1c(CC)nc(-c2cccs2)nc1Nc1ccc(C(=O)O)cc1. The summed E-state index contributed by atoms with van der Waals surface area (Å²) in [5.41, 5.74) is 3.01. The van der Waals surface area contributed by atoms with E-state index in [9.17, 15) is 4.79 Å². The molecule has 0 spiro atoms. The third-order valence-corrected chi connectivity index (χ3v) is 4.78. The van der Waals surface area contributed by atoms with E-state index < -0.39 is 5.97 Å². The van der Waals surface area contributed by atoms with Crippen molar-refractivity contribution in [1.29, 1.82) is 0 Å². The lowest BCUT2D eigenvalue weighted by Crippen LogP contribution is -2.07. The molecule has 0 saturated heterocycles. The third kappa shape index (κ3) is 3.81. The number of benzene rings is 1. The first kappa shape index (κ1) is 17.8. The Bertz CT molecular complexity index is 919. The number of thiophene rings is 1. The topological polar surface area (TPSA) is 75.1 Å². The van der Waals surface area contributed by atoms with Gasteiger partial charge >= 0.3 is 5.97 Å². The van der Waals surface area contributed by atoms with E-state index in [1.54, 1.807) is 35.6 Å². The van der Waals surface area contributed by atoms with Crippen LogP contribution in [0.25, 0.3) is 10.7 Å². The molecule has 0 bridgehead atoms. The predicted molar refractivity (Wildman–Crippen MR) is 105 cm³/mol. The van der Waals surface area contributed by atoms with Gasteiger partial charge in [0.1, 0.15) is 5.82 Å². The molecule has 1 aromatic carbocycles. The number of carboxylic acid groups (broad SMARTS) is 1. The van der Waals surface area contributed by atoms with Crippen LogP contribution in [-0.2, 0) is 12.8 Å². The van der Waals surface area contributed by atoms with Gasteiger partial charge in [-0.05, 0) is 48.6 Å². The highest BCUT2D eigenvalue weighted by Gasteiger charge is 2.15. The molecular formula is C20H19N3O2S. The van der Waals surface area contributed by atoms with E-state index in [4.69, 9.17) is 15.1 Å². The van der Waals surface area contributed by atoms with Crippen molar-refractivity contribution in [2.45, 2.75) is 19.8 Å². The lowest BCUT2D eigenvalue weighted by atomic mass is 10.1. The Hall–Kier alpha value is -2.99. The zero-order chi connectivity index (χ0) is 18.5. The Morgan fingerprint density at radius 2 is 2.04 bits per heavy atom. The second-order valence-corrected chi connectivity index (χ2v) is 6.60. The Labute approximate surface area is 156 Å². The Morgan fingerprint density at radius 3 is 2.62 bits per heavy atom. The van der Waals surface area contributed by atoms with Crippen molar-refractivity contribution >= 4 is 28.8 Å². The van der Waals surface area contributed by atoms with Gasteiger partial charge in [-0.2, -0.15) is 0 Å². The van der Waals surface area contributed by atoms with Crippen LogP contribution in [0.1, 0.15) is 28.5 Å². The summed E-state index contributed by atoms with van der Waals surface area (Å²) in [6.07, 6.45) is 3.28. The lowest BCUT2D eigenvalue weighted by molar-refractivity contribution is 0.0697. The van der Waals surface area contributed by atoms with E-state index in [2.05, 4.69) is 18.8 Å². The van der Waals surface area contributed by atoms with Crippen LogP contribution in [0.4, 0.5) is 11.5 Å². The fourth-order valence-electron chi connectivity index (χ4n) is 2.63. The summed E-state index contributed by atoms with van der Waals surface area (Å²) < 4.78 is 0. The molecule has 0 fully saturated rings. The number of hydrogen-bond acceptors (Lipinski definition) is 5. The van der Waals surface area contributed by atoms with Crippen molar-refractivity contribution in [2.24, 2.45) is 0 Å². The molecule has 5 nitrogen and oxygen atoms in total. The Kier molecular flexibility index (Phi) is 5.43. The predicted octanol–water partition coefficient (Wildman–Crippen LogP) is 4.94. The molecule has 0 unspecified atom stereocenters. The van der Waals surface area contributed by atoms with Gasteiger partial charge in [0.25, 0.3) is 0 Å². The third-order valence-electron chi connectivity index (χ3n) is 3.91. The van der Waals surface area contributed by atoms with Crippen molar-refractivity contribution in [2.75, 3.05) is 5.32 Å². The van der Waals surface area contributed by atoms with Crippen LogP contribution >= 0.6 is 11.3 Å². The molecule has 0 aliphatic heterocycles. The van der Waals surface area contributed by atoms with Gasteiger partial charge in [-0.3, -0.25) is 0 Å². The number of anilines is 2. The van der Waals surface area contributed by atoms with Crippen LogP contribution in [0, 0.1) is 0 Å². The maximum absolute atomic E-state index is 11.0. The first-order valence-electron chi connectivity index (χ1n) is 8.27. The van der Waals surface area contributed by atoms with Gasteiger partial charge in [0.05, 0.1) is 10.4 Å². The van der Waals surface area contributed by atoms with E-state index >= 15 is 0 Å². The minimum atomic E-state index is -0.945. The quantitative estimate of drug-likeness (QED) is 0.580. The number of allylic oxidation sites excluding steroid dienone is 1. The number of aromatic nitrogens is 2. The highest BCUT2D eigenvalue weighted by Crippen LogP contribution is 2.28. The monoisotopic (exact) mass is 365 g/mol. The second kappa shape index (κ2) is 7.93. The molecule has 0 aliphatic carbocycles. The van der Waals surface area contributed by atoms with Crippen LogP contribution in [0.3, 0.4) is 0 Å². The number of rotatable bonds is 7. The summed E-state index contributed by atoms with van der Waals surface area (Å²) in [6.45, 7) is 5.90. The molecule has 2 aromatic heterocycles. The van der Waals surface area contributed by atoms with Gasteiger partial charge in [0, 0.05) is 16.9 Å². The summed E-state index contributed by atoms with van der Waals surface area (Å²) in [7, 11) is 0. The lowest BCUT2D eigenvalue weighted by Gasteiger charge is -2.15. The number of nitrogens with zero attached hydrogens (tertiary/aromatic N) is 2.